The Labute approximate surface area is 71.2 Å². The zero-order valence-corrected chi connectivity index (χ0v) is 6.90. The number of rotatable bonds is 1. The molecule has 0 fully saturated rings. The normalized spacial score (nSPS) is 13.5. The monoisotopic (exact) mass is 174 g/mol. The van der Waals surface area contributed by atoms with Crippen LogP contribution in [0.2, 0.25) is 0 Å². The number of hydrogen-bond acceptors (Lipinski definition) is 3. The van der Waals surface area contributed by atoms with E-state index in [1.807, 2.05) is 10.9 Å². The summed E-state index contributed by atoms with van der Waals surface area (Å²) in [5.74, 6) is 1.10. The Balaban J connectivity index is 0.000000605. The molecule has 0 saturated heterocycles. The van der Waals surface area contributed by atoms with Gasteiger partial charge in [0.25, 0.3) is 0 Å². The van der Waals surface area contributed by atoms with Crippen LogP contribution in [0, 0.1) is 0 Å². The van der Waals surface area contributed by atoms with E-state index in [1.165, 1.54) is 0 Å². The van der Waals surface area contributed by atoms with Crippen molar-refractivity contribution in [1.29, 1.82) is 0 Å². The van der Waals surface area contributed by atoms with Gasteiger partial charge in [-0.2, -0.15) is 5.10 Å². The lowest BCUT2D eigenvalue weighted by atomic mass is 10.3. The minimum Gasteiger partial charge on any atom is -0.368 e. The number of nitrogens with one attached hydrogen (secondary N) is 1. The first-order valence-corrected chi connectivity index (χ1v) is 3.40. The lowest BCUT2D eigenvalue weighted by Crippen LogP contribution is -1.99. The second kappa shape index (κ2) is 3.11. The summed E-state index contributed by atoms with van der Waals surface area (Å²) in [5, 5.41) is 7.36. The fraction of sp³-hybridized carbons (Fsp3) is 0.500. The Bertz CT molecular complexity index is 245. The molecule has 5 heteroatoms. The summed E-state index contributed by atoms with van der Waals surface area (Å²) in [6, 6.07) is 0. The maximum absolute atomic E-state index is 5.47. The predicted molar refractivity (Wildman–Crippen MR) is 45.9 cm³/mol. The van der Waals surface area contributed by atoms with Gasteiger partial charge in [-0.3, -0.25) is 0 Å². The van der Waals surface area contributed by atoms with Gasteiger partial charge >= 0.3 is 0 Å². The van der Waals surface area contributed by atoms with E-state index in [9.17, 15) is 0 Å². The molecule has 0 unspecified atom stereocenters. The molecule has 0 aromatic carbocycles. The van der Waals surface area contributed by atoms with Crippen LogP contribution in [0.3, 0.4) is 0 Å². The lowest BCUT2D eigenvalue weighted by Gasteiger charge is -1.95. The van der Waals surface area contributed by atoms with Crippen LogP contribution < -0.4 is 11.1 Å². The van der Waals surface area contributed by atoms with E-state index < -0.39 is 0 Å². The topological polar surface area (TPSA) is 55.9 Å². The highest BCUT2D eigenvalue weighted by Gasteiger charge is 2.13. The van der Waals surface area contributed by atoms with E-state index in [-0.39, 0.29) is 12.4 Å². The van der Waals surface area contributed by atoms with E-state index >= 15 is 0 Å². The van der Waals surface area contributed by atoms with Crippen LogP contribution in [-0.2, 0) is 13.1 Å². The molecule has 1 aromatic rings. The van der Waals surface area contributed by atoms with Gasteiger partial charge < -0.3 is 11.1 Å². The van der Waals surface area contributed by atoms with Crippen molar-refractivity contribution in [2.75, 3.05) is 11.9 Å². The Morgan fingerprint density at radius 3 is 3.27 bits per heavy atom. The molecule has 0 spiro atoms. The highest BCUT2D eigenvalue weighted by molar-refractivity contribution is 5.85. The van der Waals surface area contributed by atoms with E-state index in [0.29, 0.717) is 6.54 Å². The SMILES string of the molecule is Cl.NCc1cnn2c1NCC2. The Kier molecular flexibility index (Phi) is 2.36. The van der Waals surface area contributed by atoms with E-state index in [2.05, 4.69) is 10.4 Å². The molecule has 2 rings (SSSR count). The maximum Gasteiger partial charge on any atom is 0.128 e. The number of anilines is 1. The Hall–Kier alpha value is -0.740. The quantitative estimate of drug-likeness (QED) is 0.639. The molecule has 1 aliphatic heterocycles. The first-order valence-electron chi connectivity index (χ1n) is 3.40. The Morgan fingerprint density at radius 2 is 2.55 bits per heavy atom. The molecule has 11 heavy (non-hydrogen) atoms. The van der Waals surface area contributed by atoms with Crippen LogP contribution in [0.15, 0.2) is 6.20 Å². The van der Waals surface area contributed by atoms with Crippen molar-refractivity contribution in [1.82, 2.24) is 9.78 Å². The minimum absolute atomic E-state index is 0. The highest BCUT2D eigenvalue weighted by Crippen LogP contribution is 2.17. The molecular weight excluding hydrogens is 164 g/mol. The van der Waals surface area contributed by atoms with Gasteiger partial charge in [0.05, 0.1) is 12.7 Å². The van der Waals surface area contributed by atoms with Gasteiger partial charge in [0.1, 0.15) is 5.82 Å². The average Bonchev–Trinajstić information content (AvgIpc) is 2.44. The third-order valence-corrected chi connectivity index (χ3v) is 1.75. The highest BCUT2D eigenvalue weighted by atomic mass is 35.5. The molecule has 0 amide bonds. The van der Waals surface area contributed by atoms with E-state index in [0.717, 1.165) is 24.5 Å². The zero-order valence-electron chi connectivity index (χ0n) is 6.08. The number of aromatic nitrogens is 2. The molecular formula is C6H11ClN4. The third-order valence-electron chi connectivity index (χ3n) is 1.75. The van der Waals surface area contributed by atoms with Gasteiger partial charge in [-0.15, -0.1) is 12.4 Å². The summed E-state index contributed by atoms with van der Waals surface area (Å²) >= 11 is 0. The van der Waals surface area contributed by atoms with Crippen molar-refractivity contribution in [3.05, 3.63) is 11.8 Å². The van der Waals surface area contributed by atoms with Crippen LogP contribution in [0.1, 0.15) is 5.56 Å². The van der Waals surface area contributed by atoms with Gasteiger partial charge in [-0.05, 0) is 0 Å². The van der Waals surface area contributed by atoms with Crippen molar-refractivity contribution < 1.29 is 0 Å². The van der Waals surface area contributed by atoms with E-state index in [4.69, 9.17) is 5.73 Å². The summed E-state index contributed by atoms with van der Waals surface area (Å²) < 4.78 is 1.95. The number of nitrogens with two attached hydrogens (primary N) is 1. The second-order valence-electron chi connectivity index (χ2n) is 2.37. The van der Waals surface area contributed by atoms with Gasteiger partial charge in [0.2, 0.25) is 0 Å². The number of halogens is 1. The second-order valence-corrected chi connectivity index (χ2v) is 2.37. The fourth-order valence-corrected chi connectivity index (χ4v) is 1.23. The van der Waals surface area contributed by atoms with Crippen LogP contribution in [0.25, 0.3) is 0 Å². The fourth-order valence-electron chi connectivity index (χ4n) is 1.23. The summed E-state index contributed by atoms with van der Waals surface area (Å²) in [5.41, 5.74) is 6.58. The van der Waals surface area contributed by atoms with Gasteiger partial charge in [0, 0.05) is 18.7 Å². The molecule has 1 aromatic heterocycles. The zero-order chi connectivity index (χ0) is 6.97. The molecule has 0 aliphatic carbocycles. The largest absolute Gasteiger partial charge is 0.368 e. The molecule has 62 valence electrons. The minimum atomic E-state index is 0. The molecule has 3 N–H and O–H groups in total. The van der Waals surface area contributed by atoms with Crippen LogP contribution >= 0.6 is 12.4 Å². The van der Waals surface area contributed by atoms with E-state index in [1.54, 1.807) is 0 Å². The molecule has 0 saturated carbocycles. The smallest absolute Gasteiger partial charge is 0.128 e. The standard InChI is InChI=1S/C6H10N4.ClH/c7-3-5-4-9-10-2-1-8-6(5)10;/h4,8H,1-3,7H2;1H. The molecule has 1 aliphatic rings. The lowest BCUT2D eigenvalue weighted by molar-refractivity contribution is 0.696. The Morgan fingerprint density at radius 1 is 1.73 bits per heavy atom. The van der Waals surface area contributed by atoms with Crippen molar-refractivity contribution >= 4 is 18.2 Å². The molecule has 0 radical (unpaired) electrons. The van der Waals surface area contributed by atoms with Gasteiger partial charge in [0.15, 0.2) is 0 Å². The van der Waals surface area contributed by atoms with Crippen LogP contribution in [0.5, 0.6) is 0 Å². The molecule has 2 heterocycles. The third kappa shape index (κ3) is 1.19. The number of fused-ring (bicyclic) bond motifs is 1. The van der Waals surface area contributed by atoms with Gasteiger partial charge in [-0.25, -0.2) is 4.68 Å². The molecule has 4 nitrogen and oxygen atoms in total. The molecule has 0 atom stereocenters. The van der Waals surface area contributed by atoms with Crippen LogP contribution in [-0.4, -0.2) is 16.3 Å². The molecule has 0 bridgehead atoms. The van der Waals surface area contributed by atoms with Crippen molar-refractivity contribution in [2.24, 2.45) is 5.73 Å². The first kappa shape index (κ1) is 8.36. The maximum atomic E-state index is 5.47. The van der Waals surface area contributed by atoms with Gasteiger partial charge in [-0.1, -0.05) is 0 Å². The summed E-state index contributed by atoms with van der Waals surface area (Å²) in [6.45, 7) is 2.52. The summed E-state index contributed by atoms with van der Waals surface area (Å²) in [4.78, 5) is 0. The van der Waals surface area contributed by atoms with Crippen molar-refractivity contribution in [3.63, 3.8) is 0 Å². The predicted octanol–water partition coefficient (Wildman–Crippen LogP) is 0.189. The summed E-state index contributed by atoms with van der Waals surface area (Å²) in [7, 11) is 0. The van der Waals surface area contributed by atoms with Crippen molar-refractivity contribution in [2.45, 2.75) is 13.1 Å². The first-order chi connectivity index (χ1) is 4.92. The average molecular weight is 175 g/mol. The number of nitrogens with zero attached hydrogens (tertiary/aromatic N) is 2. The van der Waals surface area contributed by atoms with Crippen molar-refractivity contribution in [3.8, 4) is 0 Å². The summed E-state index contributed by atoms with van der Waals surface area (Å²) in [6.07, 6.45) is 1.82. The number of hydrogen-bond donors (Lipinski definition) is 2. The van der Waals surface area contributed by atoms with Crippen LogP contribution in [0.4, 0.5) is 5.82 Å².